The van der Waals surface area contributed by atoms with Gasteiger partial charge in [0.05, 0.1) is 23.7 Å². The molecule has 8 nitrogen and oxygen atoms in total. The molecule has 0 atom stereocenters. The van der Waals surface area contributed by atoms with E-state index in [-0.39, 0.29) is 5.97 Å². The van der Waals surface area contributed by atoms with E-state index in [1.165, 1.54) is 7.11 Å². The second-order valence-corrected chi connectivity index (χ2v) is 5.95. The van der Waals surface area contributed by atoms with Crippen LogP contribution in [0.5, 0.6) is 0 Å². The van der Waals surface area contributed by atoms with Crippen LogP contribution in [0.4, 0.5) is 5.82 Å². The Morgan fingerprint density at radius 1 is 1.21 bits per heavy atom. The highest BCUT2D eigenvalue weighted by Crippen LogP contribution is 2.24. The standard InChI is InChI=1S/C16H18N6O2/c1-20-5-7-21(8-6-20)14-15-19-17-10-22(15)13-9-11(16(23)24-2)3-4-12(13)18-14/h3-4,9-10H,5-8H2,1-2H3. The molecule has 1 saturated heterocycles. The lowest BCUT2D eigenvalue weighted by Crippen LogP contribution is -2.45. The Bertz CT molecular complexity index is 913. The van der Waals surface area contributed by atoms with Crippen LogP contribution in [0, 0.1) is 0 Å². The number of methoxy groups -OCH3 is 1. The topological polar surface area (TPSA) is 75.9 Å². The number of esters is 1. The van der Waals surface area contributed by atoms with Crippen molar-refractivity contribution >= 4 is 28.5 Å². The van der Waals surface area contributed by atoms with Gasteiger partial charge in [-0.15, -0.1) is 10.2 Å². The number of carbonyl (C=O) groups excluding carboxylic acids is 1. The number of hydrogen-bond acceptors (Lipinski definition) is 7. The summed E-state index contributed by atoms with van der Waals surface area (Å²) in [6.07, 6.45) is 1.65. The van der Waals surface area contributed by atoms with Gasteiger partial charge in [-0.1, -0.05) is 0 Å². The predicted molar refractivity (Wildman–Crippen MR) is 89.3 cm³/mol. The van der Waals surface area contributed by atoms with Crippen molar-refractivity contribution in [1.29, 1.82) is 0 Å². The first-order chi connectivity index (χ1) is 11.7. The highest BCUT2D eigenvalue weighted by atomic mass is 16.5. The summed E-state index contributed by atoms with van der Waals surface area (Å²) in [6.45, 7) is 3.78. The fourth-order valence-electron chi connectivity index (χ4n) is 3.01. The highest BCUT2D eigenvalue weighted by molar-refractivity contribution is 5.94. The van der Waals surface area contributed by atoms with E-state index >= 15 is 0 Å². The molecule has 0 amide bonds. The van der Waals surface area contributed by atoms with E-state index in [0.717, 1.165) is 43.0 Å². The molecule has 3 heterocycles. The zero-order chi connectivity index (χ0) is 16.7. The number of likely N-dealkylation sites (N-methyl/N-ethyl adjacent to an activating group) is 1. The number of piperazine rings is 1. The lowest BCUT2D eigenvalue weighted by molar-refractivity contribution is 0.0601. The van der Waals surface area contributed by atoms with Crippen LogP contribution in [-0.2, 0) is 4.74 Å². The molecule has 8 heteroatoms. The predicted octanol–water partition coefficient (Wildman–Crippen LogP) is 0.816. The normalized spacial score (nSPS) is 16.0. The third-order valence-corrected chi connectivity index (χ3v) is 4.43. The maximum Gasteiger partial charge on any atom is 0.337 e. The summed E-state index contributed by atoms with van der Waals surface area (Å²) in [4.78, 5) is 21.1. The maximum absolute atomic E-state index is 11.8. The van der Waals surface area contributed by atoms with Gasteiger partial charge in [0, 0.05) is 26.2 Å². The second kappa shape index (κ2) is 5.72. The van der Waals surface area contributed by atoms with E-state index in [4.69, 9.17) is 9.72 Å². The number of rotatable bonds is 2. The first-order valence-electron chi connectivity index (χ1n) is 7.82. The summed E-state index contributed by atoms with van der Waals surface area (Å²) >= 11 is 0. The Labute approximate surface area is 138 Å². The van der Waals surface area contributed by atoms with Crippen LogP contribution < -0.4 is 4.90 Å². The molecule has 1 fully saturated rings. The van der Waals surface area contributed by atoms with Gasteiger partial charge in [0.2, 0.25) is 5.65 Å². The highest BCUT2D eigenvalue weighted by Gasteiger charge is 2.21. The Morgan fingerprint density at radius 2 is 2.00 bits per heavy atom. The summed E-state index contributed by atoms with van der Waals surface area (Å²) in [5.74, 6) is 0.459. The molecule has 1 aromatic carbocycles. The maximum atomic E-state index is 11.8. The van der Waals surface area contributed by atoms with Crippen molar-refractivity contribution in [2.45, 2.75) is 0 Å². The number of carbonyl (C=O) groups is 1. The second-order valence-electron chi connectivity index (χ2n) is 5.95. The van der Waals surface area contributed by atoms with Crippen LogP contribution in [-0.4, -0.2) is 70.8 Å². The monoisotopic (exact) mass is 326 g/mol. The van der Waals surface area contributed by atoms with Gasteiger partial charge in [-0.05, 0) is 25.2 Å². The van der Waals surface area contributed by atoms with Crippen molar-refractivity contribution in [2.75, 3.05) is 45.2 Å². The third-order valence-electron chi connectivity index (χ3n) is 4.43. The molecule has 0 bridgehead atoms. The molecule has 2 aromatic heterocycles. The van der Waals surface area contributed by atoms with Gasteiger partial charge in [-0.25, -0.2) is 9.78 Å². The summed E-state index contributed by atoms with van der Waals surface area (Å²) < 4.78 is 6.67. The molecule has 0 N–H and O–H groups in total. The van der Waals surface area contributed by atoms with E-state index in [0.29, 0.717) is 11.2 Å². The van der Waals surface area contributed by atoms with Crippen molar-refractivity contribution in [3.63, 3.8) is 0 Å². The fourth-order valence-corrected chi connectivity index (χ4v) is 3.01. The number of ether oxygens (including phenoxy) is 1. The van der Waals surface area contributed by atoms with Crippen LogP contribution in [0.15, 0.2) is 24.5 Å². The van der Waals surface area contributed by atoms with Gasteiger partial charge in [-0.2, -0.15) is 0 Å². The summed E-state index contributed by atoms with van der Waals surface area (Å²) in [6, 6.07) is 5.32. The average Bonchev–Trinajstić information content (AvgIpc) is 3.11. The summed E-state index contributed by atoms with van der Waals surface area (Å²) in [7, 11) is 3.49. The smallest absolute Gasteiger partial charge is 0.337 e. The molecule has 0 saturated carbocycles. The van der Waals surface area contributed by atoms with Crippen LogP contribution >= 0.6 is 0 Å². The zero-order valence-electron chi connectivity index (χ0n) is 13.6. The van der Waals surface area contributed by atoms with Gasteiger partial charge in [0.25, 0.3) is 0 Å². The molecule has 1 aliphatic rings. The van der Waals surface area contributed by atoms with Crippen LogP contribution in [0.3, 0.4) is 0 Å². The van der Waals surface area contributed by atoms with Crippen LogP contribution in [0.2, 0.25) is 0 Å². The Balaban J connectivity index is 1.87. The molecule has 0 aliphatic carbocycles. The molecular weight excluding hydrogens is 308 g/mol. The quantitative estimate of drug-likeness (QED) is 0.645. The minimum atomic E-state index is -0.374. The van der Waals surface area contributed by atoms with E-state index in [9.17, 15) is 4.79 Å². The van der Waals surface area contributed by atoms with E-state index < -0.39 is 0 Å². The molecule has 1 aliphatic heterocycles. The fraction of sp³-hybridized carbons (Fsp3) is 0.375. The zero-order valence-corrected chi connectivity index (χ0v) is 13.6. The molecule has 24 heavy (non-hydrogen) atoms. The lowest BCUT2D eigenvalue weighted by atomic mass is 10.2. The summed E-state index contributed by atoms with van der Waals surface area (Å²) in [5, 5.41) is 8.27. The van der Waals surface area contributed by atoms with Crippen LogP contribution in [0.25, 0.3) is 16.7 Å². The number of benzene rings is 1. The van der Waals surface area contributed by atoms with Crippen molar-refractivity contribution in [2.24, 2.45) is 0 Å². The molecule has 3 aromatic rings. The van der Waals surface area contributed by atoms with Crippen molar-refractivity contribution in [1.82, 2.24) is 24.5 Å². The Morgan fingerprint density at radius 3 is 2.75 bits per heavy atom. The molecule has 4 rings (SSSR count). The number of nitrogens with zero attached hydrogens (tertiary/aromatic N) is 6. The minimum Gasteiger partial charge on any atom is -0.465 e. The van der Waals surface area contributed by atoms with Crippen molar-refractivity contribution in [3.8, 4) is 0 Å². The molecule has 0 radical (unpaired) electrons. The van der Waals surface area contributed by atoms with E-state index in [1.807, 2.05) is 10.5 Å². The number of hydrogen-bond donors (Lipinski definition) is 0. The van der Waals surface area contributed by atoms with Gasteiger partial charge in [-0.3, -0.25) is 4.40 Å². The minimum absolute atomic E-state index is 0.374. The molecule has 124 valence electrons. The van der Waals surface area contributed by atoms with Crippen molar-refractivity contribution < 1.29 is 9.53 Å². The number of fused-ring (bicyclic) bond motifs is 3. The van der Waals surface area contributed by atoms with Gasteiger partial charge in [0.15, 0.2) is 5.82 Å². The van der Waals surface area contributed by atoms with Crippen molar-refractivity contribution in [3.05, 3.63) is 30.1 Å². The first kappa shape index (κ1) is 14.8. The Hall–Kier alpha value is -2.74. The number of anilines is 1. The first-order valence-corrected chi connectivity index (χ1v) is 7.82. The number of aromatic nitrogens is 4. The van der Waals surface area contributed by atoms with Gasteiger partial charge in [0.1, 0.15) is 6.33 Å². The lowest BCUT2D eigenvalue weighted by Gasteiger charge is -2.33. The van der Waals surface area contributed by atoms with Gasteiger partial charge < -0.3 is 14.5 Å². The molecule has 0 spiro atoms. The van der Waals surface area contributed by atoms with Gasteiger partial charge >= 0.3 is 5.97 Å². The molecular formula is C16H18N6O2. The summed E-state index contributed by atoms with van der Waals surface area (Å²) in [5.41, 5.74) is 2.77. The third kappa shape index (κ3) is 2.35. The van der Waals surface area contributed by atoms with E-state index in [2.05, 4.69) is 27.0 Å². The van der Waals surface area contributed by atoms with Crippen LogP contribution in [0.1, 0.15) is 10.4 Å². The molecule has 0 unspecified atom stereocenters. The van der Waals surface area contributed by atoms with E-state index in [1.54, 1.807) is 18.5 Å². The average molecular weight is 326 g/mol. The largest absolute Gasteiger partial charge is 0.465 e. The SMILES string of the molecule is COC(=O)c1ccc2nc(N3CCN(C)CC3)c3nncn3c2c1. The Kier molecular flexibility index (Phi) is 3.53.